The number of aliphatic imine (C=N–C) groups is 1. The van der Waals surface area contributed by atoms with E-state index >= 15 is 0 Å². The second-order valence-electron chi connectivity index (χ2n) is 5.04. The van der Waals surface area contributed by atoms with Crippen LogP contribution in [0.15, 0.2) is 21.7 Å². The molecular weight excluding hydrogens is 411 g/mol. The van der Waals surface area contributed by atoms with Crippen molar-refractivity contribution in [3.05, 3.63) is 23.7 Å². The highest BCUT2D eigenvalue weighted by atomic mass is 127. The Hall–Kier alpha value is -1.29. The predicted octanol–water partition coefficient (Wildman–Crippen LogP) is 1.53. The number of amides is 1. The van der Waals surface area contributed by atoms with E-state index in [1.165, 1.54) is 6.26 Å². The van der Waals surface area contributed by atoms with Crippen LogP contribution in [0.4, 0.5) is 0 Å². The van der Waals surface area contributed by atoms with E-state index in [1.807, 2.05) is 13.8 Å². The molecule has 1 heterocycles. The largest absolute Gasteiger partial charge is 0.459 e. The minimum Gasteiger partial charge on any atom is -0.459 e. The molecule has 23 heavy (non-hydrogen) atoms. The molecule has 0 fully saturated rings. The van der Waals surface area contributed by atoms with Crippen molar-refractivity contribution in [1.82, 2.24) is 16.0 Å². The van der Waals surface area contributed by atoms with Crippen molar-refractivity contribution in [2.75, 3.05) is 33.9 Å². The maximum Gasteiger partial charge on any atom is 0.287 e. The molecule has 0 radical (unpaired) electrons. The van der Waals surface area contributed by atoms with Crippen LogP contribution in [0.5, 0.6) is 0 Å². The van der Waals surface area contributed by atoms with Gasteiger partial charge in [-0.1, -0.05) is 0 Å². The van der Waals surface area contributed by atoms with E-state index in [0.29, 0.717) is 25.5 Å². The number of nitrogens with zero attached hydrogens (tertiary/aromatic N) is 1. The summed E-state index contributed by atoms with van der Waals surface area (Å²) >= 11 is 0. The van der Waals surface area contributed by atoms with E-state index in [2.05, 4.69) is 20.9 Å². The Bertz CT molecular complexity index is 491. The molecule has 0 aromatic carbocycles. The van der Waals surface area contributed by atoms with Gasteiger partial charge in [0.25, 0.3) is 5.91 Å². The molecule has 132 valence electrons. The van der Waals surface area contributed by atoms with Crippen molar-refractivity contribution in [3.63, 3.8) is 0 Å². The topological polar surface area (TPSA) is 87.9 Å². The molecule has 0 aliphatic rings. The quantitative estimate of drug-likeness (QED) is 0.248. The minimum atomic E-state index is -0.182. The molecule has 0 saturated heterocycles. The first-order valence-corrected chi connectivity index (χ1v) is 7.37. The summed E-state index contributed by atoms with van der Waals surface area (Å²) in [6.45, 7) is 5.74. The number of carbonyl (C=O) groups is 1. The highest BCUT2D eigenvalue weighted by Crippen LogP contribution is 2.07. The number of rotatable bonds is 8. The average Bonchev–Trinajstić information content (AvgIpc) is 2.92. The summed E-state index contributed by atoms with van der Waals surface area (Å²) in [5.41, 5.74) is 0.840. The molecule has 3 N–H and O–H groups in total. The van der Waals surface area contributed by atoms with Crippen molar-refractivity contribution < 1.29 is 13.9 Å². The molecule has 1 aromatic heterocycles. The van der Waals surface area contributed by atoms with E-state index in [4.69, 9.17) is 9.15 Å². The van der Waals surface area contributed by atoms with Gasteiger partial charge in [-0.05, 0) is 26.3 Å². The van der Waals surface area contributed by atoms with Crippen LogP contribution in [0.2, 0.25) is 0 Å². The number of furan rings is 1. The number of aryl methyl sites for hydroxylation is 1. The van der Waals surface area contributed by atoms with E-state index in [0.717, 1.165) is 17.9 Å². The lowest BCUT2D eigenvalue weighted by molar-refractivity contribution is 0.0925. The Labute approximate surface area is 154 Å². The summed E-state index contributed by atoms with van der Waals surface area (Å²) in [5.74, 6) is 0.912. The zero-order chi connectivity index (χ0) is 16.4. The lowest BCUT2D eigenvalue weighted by Crippen LogP contribution is -2.44. The summed E-state index contributed by atoms with van der Waals surface area (Å²) in [7, 11) is 3.38. The smallest absolute Gasteiger partial charge is 0.287 e. The fourth-order valence-electron chi connectivity index (χ4n) is 1.90. The Morgan fingerprint density at radius 2 is 2.09 bits per heavy atom. The molecule has 0 aliphatic heterocycles. The lowest BCUT2D eigenvalue weighted by atomic mass is 10.2. The van der Waals surface area contributed by atoms with Crippen LogP contribution in [-0.2, 0) is 4.74 Å². The molecule has 0 spiro atoms. The number of guanidine groups is 1. The highest BCUT2D eigenvalue weighted by Gasteiger charge is 2.11. The van der Waals surface area contributed by atoms with E-state index < -0.39 is 0 Å². The number of carbonyl (C=O) groups excluding carboxylic acids is 1. The molecule has 0 aliphatic carbocycles. The van der Waals surface area contributed by atoms with Crippen molar-refractivity contribution in [2.24, 2.45) is 4.99 Å². The number of hydrogen-bond donors (Lipinski definition) is 3. The zero-order valence-corrected chi connectivity index (χ0v) is 16.5. The van der Waals surface area contributed by atoms with Gasteiger partial charge < -0.3 is 25.1 Å². The number of halogens is 1. The zero-order valence-electron chi connectivity index (χ0n) is 14.1. The number of nitrogens with one attached hydrogen (secondary N) is 3. The normalized spacial score (nSPS) is 12.3. The van der Waals surface area contributed by atoms with Crippen LogP contribution in [0.3, 0.4) is 0 Å². The van der Waals surface area contributed by atoms with Crippen LogP contribution >= 0.6 is 24.0 Å². The number of hydrogen-bond acceptors (Lipinski definition) is 4. The van der Waals surface area contributed by atoms with E-state index in [1.54, 1.807) is 20.2 Å². The SMILES string of the molecule is CN=C(NCCCNC(=O)c1occc1C)NC(C)COC.I. The summed E-state index contributed by atoms with van der Waals surface area (Å²) in [5, 5.41) is 9.22. The third-order valence-electron chi connectivity index (χ3n) is 3.02. The third-order valence-corrected chi connectivity index (χ3v) is 3.02. The molecule has 7 nitrogen and oxygen atoms in total. The van der Waals surface area contributed by atoms with Gasteiger partial charge in [0.2, 0.25) is 0 Å². The van der Waals surface area contributed by atoms with Gasteiger partial charge in [-0.2, -0.15) is 0 Å². The fourth-order valence-corrected chi connectivity index (χ4v) is 1.90. The van der Waals surface area contributed by atoms with Gasteiger partial charge >= 0.3 is 0 Å². The van der Waals surface area contributed by atoms with Gasteiger partial charge in [-0.3, -0.25) is 9.79 Å². The van der Waals surface area contributed by atoms with E-state index in [9.17, 15) is 4.79 Å². The third kappa shape index (κ3) is 8.21. The second kappa shape index (κ2) is 12.2. The maximum absolute atomic E-state index is 11.8. The molecule has 1 rings (SSSR count). The Morgan fingerprint density at radius 3 is 2.65 bits per heavy atom. The van der Waals surface area contributed by atoms with Gasteiger partial charge in [-0.15, -0.1) is 24.0 Å². The first-order chi connectivity index (χ1) is 10.6. The first kappa shape index (κ1) is 21.7. The van der Waals surface area contributed by atoms with Gasteiger partial charge in [0, 0.05) is 38.9 Å². The van der Waals surface area contributed by atoms with Crippen molar-refractivity contribution in [1.29, 1.82) is 0 Å². The Morgan fingerprint density at radius 1 is 1.39 bits per heavy atom. The summed E-state index contributed by atoms with van der Waals surface area (Å²) in [4.78, 5) is 16.0. The lowest BCUT2D eigenvalue weighted by Gasteiger charge is -2.17. The van der Waals surface area contributed by atoms with Crippen molar-refractivity contribution in [3.8, 4) is 0 Å². The predicted molar refractivity (Wildman–Crippen MR) is 102 cm³/mol. The van der Waals surface area contributed by atoms with Crippen LogP contribution in [-0.4, -0.2) is 51.8 Å². The van der Waals surface area contributed by atoms with Gasteiger partial charge in [0.05, 0.1) is 12.9 Å². The molecule has 0 saturated carbocycles. The molecule has 1 unspecified atom stereocenters. The Kier molecular flexibility index (Phi) is 11.5. The molecule has 0 bridgehead atoms. The molecule has 8 heteroatoms. The Balaban J connectivity index is 0.00000484. The monoisotopic (exact) mass is 438 g/mol. The minimum absolute atomic E-state index is 0. The molecule has 1 atom stereocenters. The number of methoxy groups -OCH3 is 1. The summed E-state index contributed by atoms with van der Waals surface area (Å²) in [6.07, 6.45) is 2.30. The highest BCUT2D eigenvalue weighted by molar-refractivity contribution is 14.0. The van der Waals surface area contributed by atoms with Crippen LogP contribution in [0.1, 0.15) is 29.5 Å². The van der Waals surface area contributed by atoms with Gasteiger partial charge in [0.1, 0.15) is 0 Å². The van der Waals surface area contributed by atoms with Crippen LogP contribution in [0.25, 0.3) is 0 Å². The standard InChI is InChI=1S/C15H26N4O3.HI/c1-11-6-9-22-13(11)14(20)17-7-5-8-18-15(16-3)19-12(2)10-21-4;/h6,9,12H,5,7-8,10H2,1-4H3,(H,17,20)(H2,16,18,19);1H. The van der Waals surface area contributed by atoms with Crippen LogP contribution in [0, 0.1) is 6.92 Å². The van der Waals surface area contributed by atoms with Gasteiger partial charge in [0.15, 0.2) is 11.7 Å². The second-order valence-corrected chi connectivity index (χ2v) is 5.04. The molecule has 1 aromatic rings. The summed E-state index contributed by atoms with van der Waals surface area (Å²) < 4.78 is 10.2. The van der Waals surface area contributed by atoms with Crippen molar-refractivity contribution >= 4 is 35.8 Å². The van der Waals surface area contributed by atoms with Gasteiger partial charge in [-0.25, -0.2) is 0 Å². The molecule has 1 amide bonds. The van der Waals surface area contributed by atoms with E-state index in [-0.39, 0.29) is 35.9 Å². The van der Waals surface area contributed by atoms with Crippen LogP contribution < -0.4 is 16.0 Å². The maximum atomic E-state index is 11.8. The molecular formula is C15H27IN4O3. The fraction of sp³-hybridized carbons (Fsp3) is 0.600. The first-order valence-electron chi connectivity index (χ1n) is 7.37. The van der Waals surface area contributed by atoms with Crippen molar-refractivity contribution in [2.45, 2.75) is 26.3 Å². The summed E-state index contributed by atoms with van der Waals surface area (Å²) in [6, 6.07) is 1.95. The average molecular weight is 438 g/mol. The number of ether oxygens (including phenoxy) is 1.